The van der Waals surface area contributed by atoms with Gasteiger partial charge in [0, 0.05) is 0 Å². The van der Waals surface area contributed by atoms with Gasteiger partial charge >= 0.3 is 0 Å². The van der Waals surface area contributed by atoms with E-state index in [1.165, 1.54) is 0 Å². The lowest BCUT2D eigenvalue weighted by Crippen LogP contribution is -2.05. The van der Waals surface area contributed by atoms with Gasteiger partial charge in [-0.25, -0.2) is 0 Å². The minimum absolute atomic E-state index is 0.835. The van der Waals surface area contributed by atoms with Crippen molar-refractivity contribution in [3.05, 3.63) is 0 Å². The van der Waals surface area contributed by atoms with Gasteiger partial charge in [0.2, 0.25) is 15.0 Å². The molecule has 0 aromatic heterocycles. The Morgan fingerprint density at radius 1 is 0.542 bits per heavy atom. The summed E-state index contributed by atoms with van der Waals surface area (Å²) in [7, 11) is -5.68. The highest BCUT2D eigenvalue weighted by Crippen LogP contribution is 2.85. The van der Waals surface area contributed by atoms with E-state index < -0.39 is 26.2 Å². The van der Waals surface area contributed by atoms with Crippen LogP contribution < -0.4 is 22.0 Å². The van der Waals surface area contributed by atoms with E-state index in [2.05, 4.69) is 27.7 Å². The lowest BCUT2D eigenvalue weighted by molar-refractivity contribution is 1.52. The van der Waals surface area contributed by atoms with Crippen LogP contribution in [-0.4, -0.2) is 23.0 Å². The number of rotatable bonds is 8. The molecular weight excluding hydrogens is 460 g/mol. The minimum atomic E-state index is -2.84. The number of nitrogens with zero attached hydrogens (tertiary/aromatic N) is 4. The first-order valence-corrected chi connectivity index (χ1v) is 20.8. The fourth-order valence-corrected chi connectivity index (χ4v) is 34.3. The van der Waals surface area contributed by atoms with Crippen molar-refractivity contribution in [2.45, 2.75) is 27.7 Å². The van der Waals surface area contributed by atoms with Gasteiger partial charge in [0.25, 0.3) is 0 Å². The zero-order chi connectivity index (χ0) is 18.5. The predicted octanol–water partition coefficient (Wildman–Crippen LogP) is 6.63. The molecule has 8 nitrogen and oxygen atoms in total. The Balaban J connectivity index is 3.76. The molecule has 0 aromatic rings. The van der Waals surface area contributed by atoms with Crippen LogP contribution in [0, 0.1) is 0 Å². The molecule has 1 aliphatic heterocycles. The third-order valence-electron chi connectivity index (χ3n) is 2.21. The van der Waals surface area contributed by atoms with E-state index in [9.17, 15) is 0 Å². The molecule has 0 saturated carbocycles. The Morgan fingerprint density at radius 2 is 0.792 bits per heavy atom. The molecule has 0 aromatic carbocycles. The van der Waals surface area contributed by atoms with Gasteiger partial charge in [-0.15, -0.1) is 0 Å². The highest BCUT2D eigenvalue weighted by atomic mass is 33.1. The predicted molar refractivity (Wildman–Crippen MR) is 127 cm³/mol. The highest BCUT2D eigenvalue weighted by Gasteiger charge is 2.32. The standard InChI is InChI=1S/C8H28N8P4S4/c1-5-21-19(22-6-2)13-17(9,10)15-20(23-7-3,24-8-4)16-18(11,12)14-19/h5-12H2,1-4H3. The van der Waals surface area contributed by atoms with Gasteiger partial charge in [0.05, 0.1) is 0 Å². The summed E-state index contributed by atoms with van der Waals surface area (Å²) in [6, 6.07) is 0. The summed E-state index contributed by atoms with van der Waals surface area (Å²) in [5, 5.41) is 0. The van der Waals surface area contributed by atoms with E-state index in [0.29, 0.717) is 0 Å². The molecule has 0 spiro atoms. The van der Waals surface area contributed by atoms with Crippen LogP contribution in [0.4, 0.5) is 0 Å². The molecule has 0 fully saturated rings. The van der Waals surface area contributed by atoms with Crippen LogP contribution >= 0.6 is 71.8 Å². The molecule has 0 radical (unpaired) electrons. The second-order valence-electron chi connectivity index (χ2n) is 4.41. The van der Waals surface area contributed by atoms with Gasteiger partial charge in [0.1, 0.15) is 0 Å². The van der Waals surface area contributed by atoms with Gasteiger partial charge < -0.3 is 0 Å². The van der Waals surface area contributed by atoms with Crippen LogP contribution in [0.3, 0.4) is 0 Å². The molecule has 0 unspecified atom stereocenters. The summed E-state index contributed by atoms with van der Waals surface area (Å²) in [4.78, 5) is 0. The summed E-state index contributed by atoms with van der Waals surface area (Å²) in [6.45, 7) is 8.22. The van der Waals surface area contributed by atoms with Crippen molar-refractivity contribution in [3.63, 3.8) is 0 Å². The van der Waals surface area contributed by atoms with Crippen LogP contribution in [0.1, 0.15) is 27.7 Å². The Bertz CT molecular complexity index is 576. The average molecular weight is 489 g/mol. The molecule has 1 aliphatic rings. The van der Waals surface area contributed by atoms with Crippen molar-refractivity contribution < 1.29 is 0 Å². The summed E-state index contributed by atoms with van der Waals surface area (Å²) in [6.07, 6.45) is 0. The van der Waals surface area contributed by atoms with Gasteiger partial charge in [-0.1, -0.05) is 73.2 Å². The maximum Gasteiger partial charge on any atom is 0.209 e. The molecule has 1 rings (SSSR count). The lowest BCUT2D eigenvalue weighted by atomic mass is 11.0. The monoisotopic (exact) mass is 488 g/mol. The van der Waals surface area contributed by atoms with Crippen LogP contribution in [0.25, 0.3) is 0 Å². The fourth-order valence-electron chi connectivity index (χ4n) is 1.75. The normalized spacial score (nSPS) is 23.7. The van der Waals surface area contributed by atoms with Gasteiger partial charge in [0.15, 0.2) is 11.2 Å². The zero-order valence-electron chi connectivity index (χ0n) is 14.3. The molecule has 24 heavy (non-hydrogen) atoms. The zero-order valence-corrected chi connectivity index (χ0v) is 21.2. The average Bonchev–Trinajstić information content (AvgIpc) is 2.35. The summed E-state index contributed by atoms with van der Waals surface area (Å²) in [5.74, 6) is 3.34. The second-order valence-corrected chi connectivity index (χ2v) is 26.0. The molecule has 0 atom stereocenters. The molecule has 0 amide bonds. The van der Waals surface area contributed by atoms with Crippen molar-refractivity contribution in [2.75, 3.05) is 23.0 Å². The summed E-state index contributed by atoms with van der Waals surface area (Å²) in [5.41, 5.74) is 20.9. The maximum absolute atomic E-state index is 6.38. The number of nitrogens with two attached hydrogens (primary N) is 4. The smallest absolute Gasteiger partial charge is 0.209 e. The molecule has 8 N–H and O–H groups in total. The largest absolute Gasteiger partial charge is 0.267 e. The Hall–Kier alpha value is 2.16. The summed E-state index contributed by atoms with van der Waals surface area (Å²) >= 11 is 6.53. The molecule has 0 bridgehead atoms. The van der Waals surface area contributed by atoms with Gasteiger partial charge in [-0.2, -0.15) is 18.1 Å². The number of hydrogen-bond donors (Lipinski definition) is 4. The topological polar surface area (TPSA) is 154 Å². The van der Waals surface area contributed by atoms with E-state index in [1.807, 2.05) is 0 Å². The quantitative estimate of drug-likeness (QED) is 0.278. The van der Waals surface area contributed by atoms with Crippen molar-refractivity contribution in [2.24, 2.45) is 40.1 Å². The van der Waals surface area contributed by atoms with Crippen LogP contribution in [0.5, 0.6) is 0 Å². The number of hydrogen-bond acceptors (Lipinski definition) is 12. The molecular formula is C8H28N8P4S4. The molecule has 0 aliphatic carbocycles. The van der Waals surface area contributed by atoms with Crippen molar-refractivity contribution in [1.82, 2.24) is 0 Å². The lowest BCUT2D eigenvalue weighted by Gasteiger charge is -2.29. The highest BCUT2D eigenvalue weighted by molar-refractivity contribution is 8.92. The van der Waals surface area contributed by atoms with E-state index in [0.717, 1.165) is 23.0 Å². The van der Waals surface area contributed by atoms with Crippen LogP contribution in [0.2, 0.25) is 0 Å². The molecule has 1 heterocycles. The summed E-state index contributed by atoms with van der Waals surface area (Å²) < 4.78 is 19.3. The van der Waals surface area contributed by atoms with Crippen molar-refractivity contribution in [1.29, 1.82) is 0 Å². The first-order valence-electron chi connectivity index (χ1n) is 7.35. The first kappa shape index (κ1) is 24.2. The molecule has 144 valence electrons. The third-order valence-corrected chi connectivity index (χ3v) is 29.0. The van der Waals surface area contributed by atoms with Crippen LogP contribution in [0.15, 0.2) is 18.1 Å². The van der Waals surface area contributed by atoms with Crippen molar-refractivity contribution in [3.8, 4) is 0 Å². The third kappa shape index (κ3) is 7.29. The van der Waals surface area contributed by atoms with E-state index in [4.69, 9.17) is 40.1 Å². The Kier molecular flexibility index (Phi) is 10.2. The fraction of sp³-hybridized carbons (Fsp3) is 1.00. The van der Waals surface area contributed by atoms with Crippen LogP contribution in [-0.2, 0) is 0 Å². The second kappa shape index (κ2) is 10.1. The minimum Gasteiger partial charge on any atom is -0.267 e. The van der Waals surface area contributed by atoms with Gasteiger partial charge in [-0.3, -0.25) is 22.0 Å². The Morgan fingerprint density at radius 3 is 1.00 bits per heavy atom. The molecule has 0 saturated heterocycles. The SMILES string of the molecule is CCSP1(SCC)=NP(N)(N)=NP(SCC)(SCC)=NP(N)(N)=N1. The van der Waals surface area contributed by atoms with Crippen molar-refractivity contribution >= 4 is 71.8 Å². The van der Waals surface area contributed by atoms with Gasteiger partial charge in [-0.05, 0) is 23.0 Å². The van der Waals surface area contributed by atoms with E-state index in [-0.39, 0.29) is 0 Å². The first-order chi connectivity index (χ1) is 11.1. The Labute approximate surface area is 162 Å². The maximum atomic E-state index is 6.38. The molecule has 16 heteroatoms. The van der Waals surface area contributed by atoms with E-state index in [1.54, 1.807) is 45.5 Å². The van der Waals surface area contributed by atoms with E-state index >= 15 is 0 Å².